The van der Waals surface area contributed by atoms with Gasteiger partial charge < -0.3 is 4.57 Å². The highest BCUT2D eigenvalue weighted by atomic mass is 15.3. The van der Waals surface area contributed by atoms with Gasteiger partial charge in [-0.05, 0) is 51.3 Å². The highest BCUT2D eigenvalue weighted by Gasteiger charge is 2.56. The molecule has 2 nitrogen and oxygen atoms in total. The fourth-order valence-electron chi connectivity index (χ4n) is 5.64. The molecule has 0 radical (unpaired) electrons. The van der Waals surface area contributed by atoms with Crippen molar-refractivity contribution in [3.05, 3.63) is 41.6 Å². The summed E-state index contributed by atoms with van der Waals surface area (Å²) in [7, 11) is 0. The lowest BCUT2D eigenvalue weighted by Crippen LogP contribution is -2.62. The van der Waals surface area contributed by atoms with E-state index >= 15 is 0 Å². The summed E-state index contributed by atoms with van der Waals surface area (Å²) in [6.07, 6.45) is 6.39. The Bertz CT molecular complexity index is 828. The molecule has 0 spiro atoms. The van der Waals surface area contributed by atoms with Crippen LogP contribution in [0.1, 0.15) is 44.9 Å². The van der Waals surface area contributed by atoms with E-state index in [1.54, 1.807) is 11.3 Å². The van der Waals surface area contributed by atoms with E-state index in [9.17, 15) is 0 Å². The fraction of sp³-hybridized carbons (Fsp3) is 0.500. The van der Waals surface area contributed by atoms with Gasteiger partial charge in [-0.25, -0.2) is 0 Å². The van der Waals surface area contributed by atoms with Crippen LogP contribution in [-0.4, -0.2) is 22.6 Å². The third kappa shape index (κ3) is 1.24. The molecule has 0 N–H and O–H groups in total. The smallest absolute Gasteiger partial charge is 0.0681 e. The molecule has 114 valence electrons. The van der Waals surface area contributed by atoms with Crippen molar-refractivity contribution in [2.75, 3.05) is 13.1 Å². The van der Waals surface area contributed by atoms with Gasteiger partial charge in [-0.3, -0.25) is 4.90 Å². The van der Waals surface area contributed by atoms with Crippen molar-refractivity contribution in [3.63, 3.8) is 0 Å². The summed E-state index contributed by atoms with van der Waals surface area (Å²) in [6.45, 7) is 9.74. The van der Waals surface area contributed by atoms with Crippen LogP contribution in [0.25, 0.3) is 16.6 Å². The van der Waals surface area contributed by atoms with Crippen LogP contribution in [0.5, 0.6) is 0 Å². The Balaban J connectivity index is 1.97. The van der Waals surface area contributed by atoms with E-state index in [4.69, 9.17) is 0 Å². The quantitative estimate of drug-likeness (QED) is 0.699. The van der Waals surface area contributed by atoms with Gasteiger partial charge >= 0.3 is 0 Å². The standard InChI is InChI=1S/C20H24N2/c1-14-13-19(2)10-6-11-21-12-9-16-15-7-4-5-8-17(15)22(14)18(16)20(19,21)3/h4-5,7-8,13H,6,9-12H2,1-3H3. The molecule has 2 atom stereocenters. The average molecular weight is 292 g/mol. The van der Waals surface area contributed by atoms with Crippen LogP contribution >= 0.6 is 0 Å². The Labute approximate surface area is 132 Å². The number of para-hydroxylation sites is 1. The molecule has 5 rings (SSSR count). The van der Waals surface area contributed by atoms with E-state index < -0.39 is 0 Å². The lowest BCUT2D eigenvalue weighted by Gasteiger charge is -2.60. The van der Waals surface area contributed by atoms with Crippen molar-refractivity contribution in [2.45, 2.75) is 45.6 Å². The summed E-state index contributed by atoms with van der Waals surface area (Å²) in [5.41, 5.74) is 6.42. The van der Waals surface area contributed by atoms with E-state index in [0.29, 0.717) is 0 Å². The lowest BCUT2D eigenvalue weighted by molar-refractivity contribution is -0.0457. The van der Waals surface area contributed by atoms with Gasteiger partial charge in [0.2, 0.25) is 0 Å². The fourth-order valence-corrected chi connectivity index (χ4v) is 5.64. The number of fused-ring (bicyclic) bond motifs is 3. The Morgan fingerprint density at radius 1 is 1.09 bits per heavy atom. The van der Waals surface area contributed by atoms with Gasteiger partial charge in [0.25, 0.3) is 0 Å². The Kier molecular flexibility index (Phi) is 2.27. The summed E-state index contributed by atoms with van der Waals surface area (Å²) in [5, 5.41) is 1.47. The second-order valence-electron chi connectivity index (χ2n) is 7.80. The molecule has 3 aliphatic rings. The topological polar surface area (TPSA) is 8.17 Å². The van der Waals surface area contributed by atoms with Crippen molar-refractivity contribution in [1.29, 1.82) is 0 Å². The van der Waals surface area contributed by atoms with Gasteiger partial charge in [0.15, 0.2) is 0 Å². The van der Waals surface area contributed by atoms with Crippen molar-refractivity contribution in [2.24, 2.45) is 5.41 Å². The minimum atomic E-state index is 0.150. The van der Waals surface area contributed by atoms with E-state index in [1.165, 1.54) is 49.0 Å². The van der Waals surface area contributed by atoms with Crippen molar-refractivity contribution in [1.82, 2.24) is 9.47 Å². The minimum Gasteiger partial charge on any atom is -0.316 e. The maximum atomic E-state index is 2.76. The molecule has 4 heterocycles. The maximum Gasteiger partial charge on any atom is 0.0681 e. The summed E-state index contributed by atoms with van der Waals surface area (Å²) >= 11 is 0. The molecule has 2 heteroatoms. The van der Waals surface area contributed by atoms with E-state index in [-0.39, 0.29) is 11.0 Å². The Morgan fingerprint density at radius 2 is 1.91 bits per heavy atom. The van der Waals surface area contributed by atoms with Crippen molar-refractivity contribution >= 4 is 16.6 Å². The van der Waals surface area contributed by atoms with Gasteiger partial charge in [-0.15, -0.1) is 0 Å². The normalized spacial score (nSPS) is 33.7. The van der Waals surface area contributed by atoms with Gasteiger partial charge in [0, 0.05) is 28.7 Å². The number of allylic oxidation sites excluding steroid dienone is 1. The third-order valence-corrected chi connectivity index (χ3v) is 6.82. The molecule has 1 aromatic carbocycles. The number of aromatic nitrogens is 1. The molecule has 2 unspecified atom stereocenters. The summed E-state index contributed by atoms with van der Waals surface area (Å²) < 4.78 is 2.56. The van der Waals surface area contributed by atoms with Crippen molar-refractivity contribution < 1.29 is 0 Å². The molecule has 0 saturated carbocycles. The molecule has 1 aromatic heterocycles. The number of nitrogens with zero attached hydrogens (tertiary/aromatic N) is 2. The van der Waals surface area contributed by atoms with E-state index in [0.717, 1.165) is 0 Å². The van der Waals surface area contributed by atoms with Gasteiger partial charge in [0.1, 0.15) is 0 Å². The van der Waals surface area contributed by atoms with E-state index in [1.807, 2.05) is 0 Å². The molecule has 0 bridgehead atoms. The first-order valence-electron chi connectivity index (χ1n) is 8.64. The number of rotatable bonds is 0. The molecule has 0 amide bonds. The zero-order chi connectivity index (χ0) is 15.1. The SMILES string of the molecule is CC1=CC2(C)CCCN3CCc4c(n1c1ccccc41)C32C. The Morgan fingerprint density at radius 3 is 2.77 bits per heavy atom. The molecule has 0 aliphatic carbocycles. The molecule has 3 aliphatic heterocycles. The second kappa shape index (κ2) is 3.86. The highest BCUT2D eigenvalue weighted by molar-refractivity contribution is 5.90. The molecule has 2 aromatic rings. The van der Waals surface area contributed by atoms with Crippen LogP contribution in [0.2, 0.25) is 0 Å². The predicted octanol–water partition coefficient (Wildman–Crippen LogP) is 4.39. The van der Waals surface area contributed by atoms with Crippen LogP contribution < -0.4 is 0 Å². The molecular weight excluding hydrogens is 268 g/mol. The maximum absolute atomic E-state index is 2.76. The van der Waals surface area contributed by atoms with E-state index in [2.05, 4.69) is 60.6 Å². The summed E-state index contributed by atoms with van der Waals surface area (Å²) in [6, 6.07) is 8.99. The minimum absolute atomic E-state index is 0.150. The molecule has 1 fully saturated rings. The largest absolute Gasteiger partial charge is 0.316 e. The van der Waals surface area contributed by atoms with Crippen LogP contribution in [0.3, 0.4) is 0 Å². The van der Waals surface area contributed by atoms with Gasteiger partial charge in [-0.2, -0.15) is 0 Å². The number of benzene rings is 1. The van der Waals surface area contributed by atoms with Crippen LogP contribution in [0, 0.1) is 5.41 Å². The molecular formula is C20H24N2. The first-order chi connectivity index (χ1) is 10.6. The summed E-state index contributed by atoms with van der Waals surface area (Å²) in [4.78, 5) is 2.76. The zero-order valence-corrected chi connectivity index (χ0v) is 13.8. The van der Waals surface area contributed by atoms with Crippen LogP contribution in [-0.2, 0) is 12.0 Å². The predicted molar refractivity (Wildman–Crippen MR) is 91.9 cm³/mol. The number of hydrogen-bond acceptors (Lipinski definition) is 1. The van der Waals surface area contributed by atoms with Crippen molar-refractivity contribution in [3.8, 4) is 0 Å². The molecule has 22 heavy (non-hydrogen) atoms. The van der Waals surface area contributed by atoms with Gasteiger partial charge in [0.05, 0.1) is 11.1 Å². The third-order valence-electron chi connectivity index (χ3n) is 6.82. The summed E-state index contributed by atoms with van der Waals surface area (Å²) in [5.74, 6) is 0. The molecule has 1 saturated heterocycles. The monoisotopic (exact) mass is 292 g/mol. The number of piperidine rings is 1. The lowest BCUT2D eigenvalue weighted by atomic mass is 9.60. The first-order valence-corrected chi connectivity index (χ1v) is 8.64. The zero-order valence-electron chi connectivity index (χ0n) is 13.8. The highest BCUT2D eigenvalue weighted by Crippen LogP contribution is 2.58. The Hall–Kier alpha value is -1.54. The number of hydrogen-bond donors (Lipinski definition) is 0. The van der Waals surface area contributed by atoms with Gasteiger partial charge in [-0.1, -0.05) is 31.2 Å². The second-order valence-corrected chi connectivity index (χ2v) is 7.80. The van der Waals surface area contributed by atoms with Crippen LogP contribution in [0.15, 0.2) is 30.3 Å². The average Bonchev–Trinajstić information content (AvgIpc) is 2.84. The van der Waals surface area contributed by atoms with Crippen LogP contribution in [0.4, 0.5) is 0 Å². The first kappa shape index (κ1) is 13.0.